The van der Waals surface area contributed by atoms with Crippen molar-refractivity contribution in [2.45, 2.75) is 63.9 Å². The highest BCUT2D eigenvalue weighted by atomic mass is 32.2. The number of hydrogen-bond acceptors (Lipinski definition) is 4. The molecular weight excluding hydrogens is 340 g/mol. The highest BCUT2D eigenvalue weighted by molar-refractivity contribution is 7.90. The zero-order valence-corrected chi connectivity index (χ0v) is 16.9. The smallest absolute Gasteiger partial charge is 0.320 e. The molecule has 8 heteroatoms. The number of carbonyl (C=O) groups excluding carboxylic acids is 1. The van der Waals surface area contributed by atoms with Crippen LogP contribution in [0.5, 0.6) is 0 Å². The summed E-state index contributed by atoms with van der Waals surface area (Å²) in [5.41, 5.74) is 0. The molecule has 0 radical (unpaired) electrons. The molecule has 25 heavy (non-hydrogen) atoms. The Labute approximate surface area is 152 Å². The van der Waals surface area contributed by atoms with Gasteiger partial charge in [0.15, 0.2) is 0 Å². The maximum Gasteiger partial charge on any atom is 0.320 e. The van der Waals surface area contributed by atoms with Crippen molar-refractivity contribution >= 4 is 16.1 Å². The fourth-order valence-corrected chi connectivity index (χ4v) is 5.76. The minimum Gasteiger partial charge on any atom is -0.322 e. The number of carbonyl (C=O) groups is 1. The van der Waals surface area contributed by atoms with Crippen molar-refractivity contribution < 1.29 is 13.2 Å². The van der Waals surface area contributed by atoms with Gasteiger partial charge in [0.05, 0.1) is 4.75 Å². The van der Waals surface area contributed by atoms with Crippen LogP contribution >= 0.6 is 0 Å². The first kappa shape index (κ1) is 18.9. The number of nitrogens with zero attached hydrogens (tertiary/aromatic N) is 4. The first-order valence-corrected chi connectivity index (χ1v) is 10.8. The van der Waals surface area contributed by atoms with Crippen LogP contribution in [0.15, 0.2) is 0 Å². The van der Waals surface area contributed by atoms with Gasteiger partial charge < -0.3 is 9.80 Å². The van der Waals surface area contributed by atoms with E-state index in [0.29, 0.717) is 44.3 Å². The maximum absolute atomic E-state index is 12.8. The van der Waals surface area contributed by atoms with Crippen molar-refractivity contribution in [3.8, 4) is 0 Å². The molecular formula is C17H32N4O3S. The van der Waals surface area contributed by atoms with Gasteiger partial charge >= 0.3 is 6.03 Å². The number of piperazine rings is 2. The Morgan fingerprint density at radius 3 is 1.92 bits per heavy atom. The van der Waals surface area contributed by atoms with E-state index in [1.807, 2.05) is 9.80 Å². The van der Waals surface area contributed by atoms with Crippen LogP contribution in [-0.2, 0) is 10.0 Å². The number of piperidine rings is 1. The lowest BCUT2D eigenvalue weighted by molar-refractivity contribution is -0.0781. The van der Waals surface area contributed by atoms with Gasteiger partial charge in [0, 0.05) is 57.4 Å². The molecule has 4 aliphatic heterocycles. The van der Waals surface area contributed by atoms with Gasteiger partial charge in [-0.1, -0.05) is 0 Å². The Morgan fingerprint density at radius 2 is 1.48 bits per heavy atom. The van der Waals surface area contributed by atoms with Crippen molar-refractivity contribution in [1.82, 2.24) is 19.0 Å². The number of urea groups is 1. The van der Waals surface area contributed by atoms with Crippen molar-refractivity contribution in [3.63, 3.8) is 0 Å². The normalized spacial score (nSPS) is 29.0. The van der Waals surface area contributed by atoms with Gasteiger partial charge in [-0.3, -0.25) is 4.90 Å². The molecule has 0 saturated carbocycles. The van der Waals surface area contributed by atoms with E-state index in [1.54, 1.807) is 20.8 Å². The molecule has 2 amide bonds. The van der Waals surface area contributed by atoms with E-state index in [9.17, 15) is 13.2 Å². The predicted molar refractivity (Wildman–Crippen MR) is 98.0 cm³/mol. The summed E-state index contributed by atoms with van der Waals surface area (Å²) in [5, 5.41) is 0. The molecule has 2 unspecified atom stereocenters. The number of sulfonamides is 1. The van der Waals surface area contributed by atoms with Crippen LogP contribution in [0.3, 0.4) is 0 Å². The molecule has 0 N–H and O–H groups in total. The minimum absolute atomic E-state index is 0.0749. The number of rotatable bonds is 2. The zero-order chi connectivity index (χ0) is 18.6. The summed E-state index contributed by atoms with van der Waals surface area (Å²) in [4.78, 5) is 19.1. The number of fused-ring (bicyclic) bond motifs is 2. The molecule has 2 atom stereocenters. The summed E-state index contributed by atoms with van der Waals surface area (Å²) in [7, 11) is -3.32. The first-order chi connectivity index (χ1) is 11.5. The summed E-state index contributed by atoms with van der Waals surface area (Å²) in [6, 6.07) is 1.59. The third kappa shape index (κ3) is 3.28. The fourth-order valence-electron chi connectivity index (χ4n) is 4.35. The maximum atomic E-state index is 12.8. The molecule has 144 valence electrons. The number of hydrogen-bond donors (Lipinski definition) is 0. The second-order valence-corrected chi connectivity index (χ2v) is 11.5. The van der Waals surface area contributed by atoms with Gasteiger partial charge in [-0.25, -0.2) is 13.2 Å². The van der Waals surface area contributed by atoms with Crippen molar-refractivity contribution in [2.75, 3.05) is 39.3 Å². The molecule has 2 bridgehead atoms. The summed E-state index contributed by atoms with van der Waals surface area (Å²) in [6.07, 6.45) is 1.19. The van der Waals surface area contributed by atoms with Gasteiger partial charge in [0.25, 0.3) is 0 Å². The lowest BCUT2D eigenvalue weighted by atomic mass is 9.86. The Morgan fingerprint density at radius 1 is 0.960 bits per heavy atom. The predicted octanol–water partition coefficient (Wildman–Crippen LogP) is 1.02. The van der Waals surface area contributed by atoms with Crippen LogP contribution < -0.4 is 0 Å². The Kier molecular flexibility index (Phi) is 4.83. The van der Waals surface area contributed by atoms with Gasteiger partial charge in [-0.05, 0) is 41.0 Å². The molecule has 0 spiro atoms. The van der Waals surface area contributed by atoms with Crippen molar-refractivity contribution in [3.05, 3.63) is 0 Å². The van der Waals surface area contributed by atoms with Gasteiger partial charge in [0.1, 0.15) is 0 Å². The third-order valence-corrected chi connectivity index (χ3v) is 8.33. The van der Waals surface area contributed by atoms with Crippen LogP contribution in [0, 0.1) is 0 Å². The monoisotopic (exact) mass is 372 g/mol. The van der Waals surface area contributed by atoms with E-state index in [2.05, 4.69) is 18.7 Å². The third-order valence-electron chi connectivity index (χ3n) is 5.74. The first-order valence-electron chi connectivity index (χ1n) is 9.33. The zero-order valence-electron chi connectivity index (χ0n) is 16.1. The quantitative estimate of drug-likeness (QED) is 0.726. The second-order valence-electron chi connectivity index (χ2n) is 8.78. The second kappa shape index (κ2) is 6.39. The molecule has 0 aromatic rings. The van der Waals surface area contributed by atoms with E-state index in [-0.39, 0.29) is 6.03 Å². The molecule has 4 aliphatic rings. The van der Waals surface area contributed by atoms with E-state index in [4.69, 9.17) is 0 Å². The molecule has 4 rings (SSSR count). The standard InChI is InChI=1S/C17H32N4O3S/c1-13(2)21-14-10-15(21)12-19(11-14)16(22)18-6-8-20(9-7-18)25(23,24)17(3,4)5/h13-15H,6-12H2,1-5H3. The highest BCUT2D eigenvalue weighted by Crippen LogP contribution is 2.34. The molecule has 4 heterocycles. The van der Waals surface area contributed by atoms with Crippen LogP contribution in [0.2, 0.25) is 0 Å². The molecule has 4 saturated heterocycles. The lowest BCUT2D eigenvalue weighted by Crippen LogP contribution is -2.72. The summed E-state index contributed by atoms with van der Waals surface area (Å²) < 4.78 is 25.8. The largest absolute Gasteiger partial charge is 0.322 e. The lowest BCUT2D eigenvalue weighted by Gasteiger charge is -2.58. The topological polar surface area (TPSA) is 64.2 Å². The van der Waals surface area contributed by atoms with Crippen LogP contribution in [0.1, 0.15) is 41.0 Å². The molecule has 0 aromatic carbocycles. The minimum atomic E-state index is -3.32. The van der Waals surface area contributed by atoms with Crippen LogP contribution in [-0.4, -0.2) is 95.6 Å². The van der Waals surface area contributed by atoms with E-state index in [1.165, 1.54) is 10.7 Å². The summed E-state index contributed by atoms with van der Waals surface area (Å²) >= 11 is 0. The summed E-state index contributed by atoms with van der Waals surface area (Å²) in [6.45, 7) is 12.9. The average molecular weight is 373 g/mol. The van der Waals surface area contributed by atoms with Gasteiger partial charge in [-0.2, -0.15) is 4.31 Å². The highest BCUT2D eigenvalue weighted by Gasteiger charge is 2.47. The molecule has 4 fully saturated rings. The Bertz CT molecular complexity index is 608. The van der Waals surface area contributed by atoms with E-state index in [0.717, 1.165) is 13.1 Å². The van der Waals surface area contributed by atoms with Crippen molar-refractivity contribution in [2.24, 2.45) is 0 Å². The Balaban J connectivity index is 1.55. The summed E-state index contributed by atoms with van der Waals surface area (Å²) in [5.74, 6) is 0. The van der Waals surface area contributed by atoms with E-state index >= 15 is 0 Å². The van der Waals surface area contributed by atoms with Crippen molar-refractivity contribution in [1.29, 1.82) is 0 Å². The molecule has 0 aromatic heterocycles. The van der Waals surface area contributed by atoms with Crippen LogP contribution in [0.25, 0.3) is 0 Å². The fraction of sp³-hybridized carbons (Fsp3) is 0.941. The SMILES string of the molecule is CC(C)N1C2CC1CN(C(=O)N1CCN(S(=O)(=O)C(C)(C)C)CC1)C2. The molecule has 7 nitrogen and oxygen atoms in total. The molecule has 0 aliphatic carbocycles. The van der Waals surface area contributed by atoms with E-state index < -0.39 is 14.8 Å². The average Bonchev–Trinajstić information content (AvgIpc) is 2.52. The van der Waals surface area contributed by atoms with Gasteiger partial charge in [0.2, 0.25) is 10.0 Å². The van der Waals surface area contributed by atoms with Crippen LogP contribution in [0.4, 0.5) is 4.79 Å². The van der Waals surface area contributed by atoms with Gasteiger partial charge in [-0.15, -0.1) is 0 Å². The Hall–Kier alpha value is -0.860. The number of amides is 2.